The number of carboxylic acid groups (broad SMARTS) is 1. The standard InChI is InChI=1S/C17H28O4/c1-3-5-6-12(4-2)15(18)9-7-13-8-10-16(19)14(13)11-17(20)21/h7,9,12-15,18H,3-6,8,10-11H2,1-2H3,(H,20,21)/t12?,13-,14+,15?/m1/s1. The van der Waals surface area contributed by atoms with E-state index in [1.165, 1.54) is 0 Å². The number of rotatable bonds is 9. The Bertz CT molecular complexity index is 375. The minimum Gasteiger partial charge on any atom is -0.481 e. The van der Waals surface area contributed by atoms with E-state index in [-0.39, 0.29) is 24.0 Å². The Balaban J connectivity index is 2.60. The first kappa shape index (κ1) is 17.9. The number of carbonyl (C=O) groups excluding carboxylic acids is 1. The van der Waals surface area contributed by atoms with E-state index in [0.29, 0.717) is 12.8 Å². The highest BCUT2D eigenvalue weighted by molar-refractivity contribution is 5.87. The van der Waals surface area contributed by atoms with E-state index < -0.39 is 18.0 Å². The van der Waals surface area contributed by atoms with Gasteiger partial charge in [-0.15, -0.1) is 0 Å². The van der Waals surface area contributed by atoms with Crippen LogP contribution in [0.1, 0.15) is 58.8 Å². The van der Waals surface area contributed by atoms with Crippen LogP contribution in [0.15, 0.2) is 12.2 Å². The molecule has 0 saturated heterocycles. The molecule has 0 aromatic rings. The molecule has 0 amide bonds. The van der Waals surface area contributed by atoms with E-state index in [0.717, 1.165) is 25.7 Å². The van der Waals surface area contributed by atoms with Crippen LogP contribution in [0.5, 0.6) is 0 Å². The van der Waals surface area contributed by atoms with Crippen LogP contribution in [0.2, 0.25) is 0 Å². The van der Waals surface area contributed by atoms with Crippen LogP contribution >= 0.6 is 0 Å². The average molecular weight is 296 g/mol. The quantitative estimate of drug-likeness (QED) is 0.641. The Morgan fingerprint density at radius 1 is 1.43 bits per heavy atom. The Morgan fingerprint density at radius 2 is 2.14 bits per heavy atom. The van der Waals surface area contributed by atoms with Gasteiger partial charge in [-0.2, -0.15) is 0 Å². The van der Waals surface area contributed by atoms with Gasteiger partial charge in [0.2, 0.25) is 0 Å². The monoisotopic (exact) mass is 296 g/mol. The third kappa shape index (κ3) is 5.62. The van der Waals surface area contributed by atoms with Crippen molar-refractivity contribution in [3.05, 3.63) is 12.2 Å². The number of aliphatic hydroxyl groups is 1. The summed E-state index contributed by atoms with van der Waals surface area (Å²) in [6.45, 7) is 4.21. The fourth-order valence-electron chi connectivity index (χ4n) is 3.11. The SMILES string of the molecule is CCCCC(CC)C(O)C=C[C@@H]1CCC(=O)[C@H]1CC(=O)O. The van der Waals surface area contributed by atoms with Crippen molar-refractivity contribution in [1.29, 1.82) is 0 Å². The fourth-order valence-corrected chi connectivity index (χ4v) is 3.11. The number of aliphatic hydroxyl groups excluding tert-OH is 1. The van der Waals surface area contributed by atoms with Crippen LogP contribution in [0.4, 0.5) is 0 Å². The first-order valence-corrected chi connectivity index (χ1v) is 8.10. The van der Waals surface area contributed by atoms with Crippen LogP contribution in [0.3, 0.4) is 0 Å². The molecule has 0 aromatic carbocycles. The predicted octanol–water partition coefficient (Wildman–Crippen LogP) is 3.19. The Labute approximate surface area is 127 Å². The van der Waals surface area contributed by atoms with E-state index in [1.807, 2.05) is 6.08 Å². The molecule has 1 rings (SSSR count). The van der Waals surface area contributed by atoms with E-state index in [4.69, 9.17) is 5.11 Å². The van der Waals surface area contributed by atoms with Crippen LogP contribution < -0.4 is 0 Å². The maximum Gasteiger partial charge on any atom is 0.304 e. The molecule has 0 radical (unpaired) electrons. The van der Waals surface area contributed by atoms with Gasteiger partial charge in [-0.05, 0) is 24.7 Å². The van der Waals surface area contributed by atoms with Crippen LogP contribution in [-0.2, 0) is 9.59 Å². The summed E-state index contributed by atoms with van der Waals surface area (Å²) in [4.78, 5) is 22.6. The second-order valence-corrected chi connectivity index (χ2v) is 6.06. The summed E-state index contributed by atoms with van der Waals surface area (Å²) >= 11 is 0. The lowest BCUT2D eigenvalue weighted by molar-refractivity contribution is -0.140. The maximum atomic E-state index is 11.7. The van der Waals surface area contributed by atoms with Gasteiger partial charge in [0.1, 0.15) is 5.78 Å². The number of aliphatic carboxylic acids is 1. The molecule has 0 aliphatic heterocycles. The van der Waals surface area contributed by atoms with E-state index in [9.17, 15) is 14.7 Å². The number of hydrogen-bond donors (Lipinski definition) is 2. The zero-order chi connectivity index (χ0) is 15.8. The van der Waals surface area contributed by atoms with Crippen LogP contribution in [0, 0.1) is 17.8 Å². The van der Waals surface area contributed by atoms with Gasteiger partial charge < -0.3 is 10.2 Å². The van der Waals surface area contributed by atoms with Gasteiger partial charge in [0.25, 0.3) is 0 Å². The van der Waals surface area contributed by atoms with Gasteiger partial charge in [0.15, 0.2) is 0 Å². The summed E-state index contributed by atoms with van der Waals surface area (Å²) in [6.07, 6.45) is 8.35. The molecule has 1 aliphatic carbocycles. The van der Waals surface area contributed by atoms with Crippen molar-refractivity contribution >= 4 is 11.8 Å². The molecule has 2 unspecified atom stereocenters. The minimum atomic E-state index is -0.927. The third-order valence-electron chi connectivity index (χ3n) is 4.54. The minimum absolute atomic E-state index is 0.0352. The van der Waals surface area contributed by atoms with Crippen LogP contribution in [0.25, 0.3) is 0 Å². The zero-order valence-corrected chi connectivity index (χ0v) is 13.1. The number of ketones is 1. The molecule has 4 nitrogen and oxygen atoms in total. The Kier molecular flexibility index (Phi) is 7.65. The zero-order valence-electron chi connectivity index (χ0n) is 13.1. The first-order valence-electron chi connectivity index (χ1n) is 8.10. The molecule has 1 fully saturated rings. The Hall–Kier alpha value is -1.16. The molecule has 0 bridgehead atoms. The number of carbonyl (C=O) groups is 2. The van der Waals surface area contributed by atoms with Crippen molar-refractivity contribution < 1.29 is 19.8 Å². The summed E-state index contributed by atoms with van der Waals surface area (Å²) in [5.74, 6) is -1.09. The Morgan fingerprint density at radius 3 is 2.71 bits per heavy atom. The lowest BCUT2D eigenvalue weighted by Crippen LogP contribution is -2.20. The topological polar surface area (TPSA) is 74.6 Å². The summed E-state index contributed by atoms with van der Waals surface area (Å²) in [5.41, 5.74) is 0. The summed E-state index contributed by atoms with van der Waals surface area (Å²) in [7, 11) is 0. The van der Waals surface area contributed by atoms with Gasteiger partial charge >= 0.3 is 5.97 Å². The maximum absolute atomic E-state index is 11.7. The highest BCUT2D eigenvalue weighted by Gasteiger charge is 2.34. The largest absolute Gasteiger partial charge is 0.481 e. The number of carboxylic acids is 1. The van der Waals surface area contributed by atoms with Gasteiger partial charge in [-0.25, -0.2) is 0 Å². The van der Waals surface area contributed by atoms with E-state index >= 15 is 0 Å². The smallest absolute Gasteiger partial charge is 0.304 e. The van der Waals surface area contributed by atoms with E-state index in [2.05, 4.69) is 13.8 Å². The van der Waals surface area contributed by atoms with Crippen molar-refractivity contribution in [3.8, 4) is 0 Å². The molecule has 1 saturated carbocycles. The predicted molar refractivity (Wildman–Crippen MR) is 81.9 cm³/mol. The highest BCUT2D eigenvalue weighted by atomic mass is 16.4. The summed E-state index contributed by atoms with van der Waals surface area (Å²) in [6, 6.07) is 0. The number of allylic oxidation sites excluding steroid dienone is 1. The highest BCUT2D eigenvalue weighted by Crippen LogP contribution is 2.32. The number of unbranched alkanes of at least 4 members (excludes halogenated alkanes) is 1. The molecule has 120 valence electrons. The van der Waals surface area contributed by atoms with Crippen molar-refractivity contribution in [2.24, 2.45) is 17.8 Å². The lowest BCUT2D eigenvalue weighted by Gasteiger charge is -2.19. The molecule has 21 heavy (non-hydrogen) atoms. The molecular weight excluding hydrogens is 268 g/mol. The second-order valence-electron chi connectivity index (χ2n) is 6.06. The number of hydrogen-bond acceptors (Lipinski definition) is 3. The van der Waals surface area contributed by atoms with Crippen LogP contribution in [-0.4, -0.2) is 28.1 Å². The van der Waals surface area contributed by atoms with Gasteiger partial charge in [-0.3, -0.25) is 9.59 Å². The van der Waals surface area contributed by atoms with Crippen molar-refractivity contribution in [2.75, 3.05) is 0 Å². The van der Waals surface area contributed by atoms with E-state index in [1.54, 1.807) is 6.08 Å². The second kappa shape index (κ2) is 8.98. The number of Topliss-reactive ketones (excluding diaryl/α,β-unsaturated/α-hetero) is 1. The average Bonchev–Trinajstić information content (AvgIpc) is 2.78. The van der Waals surface area contributed by atoms with Crippen molar-refractivity contribution in [1.82, 2.24) is 0 Å². The molecular formula is C17H28O4. The molecule has 2 N–H and O–H groups in total. The summed E-state index contributed by atoms with van der Waals surface area (Å²) < 4.78 is 0. The van der Waals surface area contributed by atoms with Gasteiger partial charge in [-0.1, -0.05) is 45.3 Å². The first-order chi connectivity index (χ1) is 9.99. The van der Waals surface area contributed by atoms with Gasteiger partial charge in [0.05, 0.1) is 12.5 Å². The fraction of sp³-hybridized carbons (Fsp3) is 0.765. The van der Waals surface area contributed by atoms with Crippen molar-refractivity contribution in [3.63, 3.8) is 0 Å². The molecule has 0 aromatic heterocycles. The molecule has 1 aliphatic rings. The normalized spacial score (nSPS) is 25.4. The summed E-state index contributed by atoms with van der Waals surface area (Å²) in [5, 5.41) is 19.1. The third-order valence-corrected chi connectivity index (χ3v) is 4.54. The molecule has 4 heteroatoms. The lowest BCUT2D eigenvalue weighted by atomic mass is 9.89. The van der Waals surface area contributed by atoms with Crippen molar-refractivity contribution in [2.45, 2.75) is 64.9 Å². The molecule has 0 heterocycles. The van der Waals surface area contributed by atoms with Gasteiger partial charge in [0, 0.05) is 12.3 Å². The molecule has 0 spiro atoms. The molecule has 4 atom stereocenters.